The van der Waals surface area contributed by atoms with Crippen molar-refractivity contribution >= 4 is 51.4 Å². The summed E-state index contributed by atoms with van der Waals surface area (Å²) >= 11 is 6.91. The zero-order valence-corrected chi connectivity index (χ0v) is 18.8. The number of aryl methyl sites for hydroxylation is 1. The van der Waals surface area contributed by atoms with Crippen molar-refractivity contribution in [1.29, 1.82) is 0 Å². The molecule has 0 aliphatic rings. The highest BCUT2D eigenvalue weighted by molar-refractivity contribution is 7.19. The number of hydrogen-bond donors (Lipinski definition) is 2. The number of halogens is 1. The van der Waals surface area contributed by atoms with Crippen LogP contribution in [0.4, 0.5) is 10.7 Å². The average Bonchev–Trinajstić information content (AvgIpc) is 3.06. The Morgan fingerprint density at radius 1 is 0.968 bits per heavy atom. The molecule has 0 saturated carbocycles. The van der Waals surface area contributed by atoms with Gasteiger partial charge in [-0.25, -0.2) is 4.79 Å². The summed E-state index contributed by atoms with van der Waals surface area (Å²) in [6, 6.07) is 13.7. The van der Waals surface area contributed by atoms with Crippen molar-refractivity contribution in [2.24, 2.45) is 0 Å². The van der Waals surface area contributed by atoms with E-state index in [4.69, 9.17) is 16.3 Å². The molecule has 0 saturated heterocycles. The molecule has 0 aliphatic heterocycles. The molecule has 0 radical (unpaired) electrons. The summed E-state index contributed by atoms with van der Waals surface area (Å²) in [4.78, 5) is 38.5. The number of nitrogens with one attached hydrogen (secondary N) is 2. The van der Waals surface area contributed by atoms with Crippen LogP contribution in [0.2, 0.25) is 5.02 Å². The van der Waals surface area contributed by atoms with Crippen LogP contribution in [0, 0.1) is 13.8 Å². The molecule has 1 heterocycles. The van der Waals surface area contributed by atoms with Gasteiger partial charge in [0.2, 0.25) is 0 Å². The second-order valence-electron chi connectivity index (χ2n) is 6.71. The van der Waals surface area contributed by atoms with E-state index in [2.05, 4.69) is 10.6 Å². The lowest BCUT2D eigenvalue weighted by atomic mass is 10.1. The number of carbonyl (C=O) groups is 3. The summed E-state index contributed by atoms with van der Waals surface area (Å²) in [5.41, 5.74) is 2.57. The van der Waals surface area contributed by atoms with E-state index in [-0.39, 0.29) is 23.1 Å². The fourth-order valence-corrected chi connectivity index (χ4v) is 4.15. The minimum atomic E-state index is -0.599. The van der Waals surface area contributed by atoms with Gasteiger partial charge < -0.3 is 15.4 Å². The van der Waals surface area contributed by atoms with Gasteiger partial charge in [-0.2, -0.15) is 0 Å². The minimum absolute atomic E-state index is 0.170. The van der Waals surface area contributed by atoms with Crippen molar-refractivity contribution < 1.29 is 19.1 Å². The Labute approximate surface area is 189 Å². The fourth-order valence-electron chi connectivity index (χ4n) is 2.94. The summed E-state index contributed by atoms with van der Waals surface area (Å²) in [5, 5.41) is 6.36. The number of amides is 2. The molecule has 2 N–H and O–H groups in total. The van der Waals surface area contributed by atoms with Gasteiger partial charge in [-0.05, 0) is 62.2 Å². The van der Waals surface area contributed by atoms with Crippen LogP contribution >= 0.6 is 22.9 Å². The highest BCUT2D eigenvalue weighted by Gasteiger charge is 2.27. The molecule has 0 fully saturated rings. The van der Waals surface area contributed by atoms with E-state index in [0.29, 0.717) is 26.7 Å². The number of ether oxygens (including phenoxy) is 1. The van der Waals surface area contributed by atoms with Gasteiger partial charge in [0.05, 0.1) is 17.0 Å². The van der Waals surface area contributed by atoms with Gasteiger partial charge in [-0.1, -0.05) is 29.8 Å². The van der Waals surface area contributed by atoms with Gasteiger partial charge in [-0.3, -0.25) is 9.59 Å². The molecule has 160 valence electrons. The van der Waals surface area contributed by atoms with Crippen molar-refractivity contribution in [2.45, 2.75) is 20.8 Å². The first-order chi connectivity index (χ1) is 14.8. The van der Waals surface area contributed by atoms with E-state index in [9.17, 15) is 14.4 Å². The largest absolute Gasteiger partial charge is 0.462 e. The third-order valence-electron chi connectivity index (χ3n) is 4.56. The third-order valence-corrected chi connectivity index (χ3v) is 6.02. The predicted molar refractivity (Wildman–Crippen MR) is 124 cm³/mol. The van der Waals surface area contributed by atoms with Crippen LogP contribution < -0.4 is 10.6 Å². The van der Waals surface area contributed by atoms with E-state index in [1.54, 1.807) is 44.2 Å². The Bertz CT molecular complexity index is 1140. The number of benzene rings is 2. The van der Waals surface area contributed by atoms with Gasteiger partial charge in [0, 0.05) is 16.3 Å². The van der Waals surface area contributed by atoms with Gasteiger partial charge >= 0.3 is 5.97 Å². The number of carbonyl (C=O) groups excluding carboxylic acids is 3. The maximum Gasteiger partial charge on any atom is 0.341 e. The van der Waals surface area contributed by atoms with Gasteiger partial charge in [0.15, 0.2) is 0 Å². The first-order valence-corrected chi connectivity index (χ1v) is 10.8. The summed E-state index contributed by atoms with van der Waals surface area (Å²) in [6.07, 6.45) is 0. The molecule has 1 aromatic heterocycles. The molecule has 3 rings (SSSR count). The lowest BCUT2D eigenvalue weighted by Crippen LogP contribution is -2.15. The average molecular weight is 457 g/mol. The fraction of sp³-hybridized carbons (Fsp3) is 0.174. The summed E-state index contributed by atoms with van der Waals surface area (Å²) in [5.74, 6) is -1.39. The van der Waals surface area contributed by atoms with Crippen LogP contribution in [0.15, 0.2) is 48.5 Å². The minimum Gasteiger partial charge on any atom is -0.462 e. The van der Waals surface area contributed by atoms with E-state index >= 15 is 0 Å². The van der Waals surface area contributed by atoms with E-state index in [0.717, 1.165) is 16.9 Å². The highest BCUT2D eigenvalue weighted by atomic mass is 35.5. The van der Waals surface area contributed by atoms with Gasteiger partial charge in [0.1, 0.15) is 5.00 Å². The maximum atomic E-state index is 12.9. The number of anilines is 2. The molecule has 0 bridgehead atoms. The summed E-state index contributed by atoms with van der Waals surface area (Å²) in [7, 11) is 0. The monoisotopic (exact) mass is 456 g/mol. The Kier molecular flexibility index (Phi) is 7.09. The van der Waals surface area contributed by atoms with E-state index in [1.165, 1.54) is 0 Å². The standard InChI is InChI=1S/C23H21ClN2O4S/c1-4-30-23(29)18-14(3)19(21(28)25-17-8-6-5-7-13(17)2)31-22(18)26-20(27)15-9-11-16(24)12-10-15/h5-12H,4H2,1-3H3,(H,25,28)(H,26,27). The molecule has 0 unspecified atom stereocenters. The van der Waals surface area contributed by atoms with Crippen LogP contribution in [0.5, 0.6) is 0 Å². The second kappa shape index (κ2) is 9.76. The van der Waals surface area contributed by atoms with Crippen LogP contribution in [0.25, 0.3) is 0 Å². The Hall–Kier alpha value is -3.16. The van der Waals surface area contributed by atoms with Gasteiger partial charge in [-0.15, -0.1) is 11.3 Å². The van der Waals surface area contributed by atoms with Crippen LogP contribution in [-0.4, -0.2) is 24.4 Å². The number of rotatable bonds is 6. The van der Waals surface area contributed by atoms with Crippen molar-refractivity contribution in [3.8, 4) is 0 Å². The molecule has 3 aromatic rings. The number of para-hydroxylation sites is 1. The van der Waals surface area contributed by atoms with Crippen molar-refractivity contribution in [3.05, 3.63) is 80.7 Å². The number of thiophene rings is 1. The van der Waals surface area contributed by atoms with Crippen LogP contribution in [-0.2, 0) is 4.74 Å². The molecular formula is C23H21ClN2O4S. The molecule has 0 aliphatic carbocycles. The predicted octanol–water partition coefficient (Wildman–Crippen LogP) is 5.70. The summed E-state index contributed by atoms with van der Waals surface area (Å²) in [6.45, 7) is 5.41. The Balaban J connectivity index is 1.95. The molecule has 0 atom stereocenters. The smallest absolute Gasteiger partial charge is 0.341 e. The third kappa shape index (κ3) is 5.13. The molecule has 2 amide bonds. The molecule has 8 heteroatoms. The topological polar surface area (TPSA) is 84.5 Å². The van der Waals surface area contributed by atoms with Crippen LogP contribution in [0.3, 0.4) is 0 Å². The molecule has 31 heavy (non-hydrogen) atoms. The first kappa shape index (κ1) is 22.5. The molecule has 2 aromatic carbocycles. The van der Waals surface area contributed by atoms with Crippen molar-refractivity contribution in [3.63, 3.8) is 0 Å². The van der Waals surface area contributed by atoms with E-state index < -0.39 is 11.9 Å². The van der Waals surface area contributed by atoms with Crippen molar-refractivity contribution in [2.75, 3.05) is 17.2 Å². The molecule has 0 spiro atoms. The Morgan fingerprint density at radius 3 is 2.29 bits per heavy atom. The van der Waals surface area contributed by atoms with E-state index in [1.807, 2.05) is 25.1 Å². The number of hydrogen-bond acceptors (Lipinski definition) is 5. The normalized spacial score (nSPS) is 10.5. The number of esters is 1. The second-order valence-corrected chi connectivity index (χ2v) is 8.17. The first-order valence-electron chi connectivity index (χ1n) is 9.56. The lowest BCUT2D eigenvalue weighted by Gasteiger charge is -2.08. The molecule has 6 nitrogen and oxygen atoms in total. The SMILES string of the molecule is CCOC(=O)c1c(NC(=O)c2ccc(Cl)cc2)sc(C(=O)Nc2ccccc2C)c1C. The quantitative estimate of drug-likeness (QED) is 0.466. The maximum absolute atomic E-state index is 12.9. The lowest BCUT2D eigenvalue weighted by molar-refractivity contribution is 0.0527. The Morgan fingerprint density at radius 2 is 1.65 bits per heavy atom. The van der Waals surface area contributed by atoms with Crippen LogP contribution in [0.1, 0.15) is 48.4 Å². The highest BCUT2D eigenvalue weighted by Crippen LogP contribution is 2.35. The van der Waals surface area contributed by atoms with Gasteiger partial charge in [0.25, 0.3) is 11.8 Å². The zero-order valence-electron chi connectivity index (χ0n) is 17.2. The zero-order chi connectivity index (χ0) is 22.5. The van der Waals surface area contributed by atoms with Crippen molar-refractivity contribution in [1.82, 2.24) is 0 Å². The molecular weight excluding hydrogens is 436 g/mol. The summed E-state index contributed by atoms with van der Waals surface area (Å²) < 4.78 is 5.15.